The van der Waals surface area contributed by atoms with Crippen molar-refractivity contribution in [3.8, 4) is 11.1 Å². The Labute approximate surface area is 249 Å². The number of benzene rings is 3. The first-order valence-corrected chi connectivity index (χ1v) is 14.5. The molecule has 4 N–H and O–H groups in total. The molecule has 1 unspecified atom stereocenters. The molecule has 0 radical (unpaired) electrons. The Kier molecular flexibility index (Phi) is 10.6. The molecule has 2 atom stereocenters. The molecular weight excluding hydrogens is 559 g/mol. The normalized spacial score (nSPS) is 16.5. The van der Waals surface area contributed by atoms with Gasteiger partial charge in [0.05, 0.1) is 11.2 Å². The minimum absolute atomic E-state index is 0.00702. The number of nitrogens with zero attached hydrogens (tertiary/aromatic N) is 1. The molecule has 1 saturated heterocycles. The number of nitrogens with one attached hydrogen (secondary N) is 2. The standard InChI is InChI=1S/C33H38F3N3O4/c1-21-9-12-27(34)25(16-21)31-26(7-3-8-28(31)35)33(43,13-5-14-38-30(41)20-40)23-6-4-15-39(19-23)32(42)24-11-10-22(18-37-2)17-29(24)36/h3,7-12,16-17,23,37,40,43H,4-6,13-15,18-20H2,1-2H3,(H,38,41)/t23-,33?/m1/s1. The Morgan fingerprint density at radius 3 is 2.56 bits per heavy atom. The molecule has 1 fully saturated rings. The van der Waals surface area contributed by atoms with Crippen molar-refractivity contribution < 1.29 is 33.0 Å². The molecule has 3 aromatic rings. The van der Waals surface area contributed by atoms with Crippen LogP contribution in [0.4, 0.5) is 13.2 Å². The van der Waals surface area contributed by atoms with Crippen LogP contribution in [0, 0.1) is 30.3 Å². The fraction of sp³-hybridized carbons (Fsp3) is 0.394. The second-order valence-corrected chi connectivity index (χ2v) is 11.1. The summed E-state index contributed by atoms with van der Waals surface area (Å²) in [5.74, 6) is -3.70. The van der Waals surface area contributed by atoms with Crippen LogP contribution in [0.15, 0.2) is 54.6 Å². The van der Waals surface area contributed by atoms with Gasteiger partial charge in [0.15, 0.2) is 0 Å². The minimum Gasteiger partial charge on any atom is -0.387 e. The molecule has 2 amide bonds. The molecule has 0 aromatic heterocycles. The number of likely N-dealkylation sites (tertiary alicyclic amines) is 1. The lowest BCUT2D eigenvalue weighted by atomic mass is 9.72. The molecule has 4 rings (SSSR count). The molecule has 1 heterocycles. The number of piperidine rings is 1. The lowest BCUT2D eigenvalue weighted by Crippen LogP contribution is -2.48. The molecule has 0 spiro atoms. The Hall–Kier alpha value is -3.73. The molecule has 230 valence electrons. The number of halogens is 3. The van der Waals surface area contributed by atoms with Crippen LogP contribution in [0.25, 0.3) is 11.1 Å². The van der Waals surface area contributed by atoms with Crippen molar-refractivity contribution >= 4 is 11.8 Å². The SMILES string of the molecule is CNCc1ccc(C(=O)N2CCC[C@@H](C(O)(CCCNC(=O)CO)c3cccc(F)c3-c3cc(C)ccc3F)C2)c(F)c1. The lowest BCUT2D eigenvalue weighted by molar-refractivity contribution is -0.123. The van der Waals surface area contributed by atoms with Gasteiger partial charge in [-0.2, -0.15) is 0 Å². The van der Waals surface area contributed by atoms with Gasteiger partial charge in [0.1, 0.15) is 24.1 Å². The van der Waals surface area contributed by atoms with E-state index in [1.807, 2.05) is 0 Å². The number of rotatable bonds is 11. The molecule has 43 heavy (non-hydrogen) atoms. The first-order chi connectivity index (χ1) is 20.6. The quantitative estimate of drug-likeness (QED) is 0.245. The molecule has 10 heteroatoms. The number of amides is 2. The number of carbonyl (C=O) groups is 2. The predicted octanol–water partition coefficient (Wildman–Crippen LogP) is 4.43. The topological polar surface area (TPSA) is 102 Å². The molecule has 0 aliphatic carbocycles. The first-order valence-electron chi connectivity index (χ1n) is 14.5. The Morgan fingerprint density at radius 1 is 1.05 bits per heavy atom. The Balaban J connectivity index is 1.72. The van der Waals surface area contributed by atoms with Crippen LogP contribution < -0.4 is 10.6 Å². The van der Waals surface area contributed by atoms with E-state index in [-0.39, 0.29) is 48.2 Å². The minimum atomic E-state index is -1.74. The summed E-state index contributed by atoms with van der Waals surface area (Å²) in [5, 5.41) is 27.1. The van der Waals surface area contributed by atoms with E-state index in [0.29, 0.717) is 37.1 Å². The maximum absolute atomic E-state index is 15.6. The Bertz CT molecular complexity index is 1470. The first kappa shape index (κ1) is 32.2. The van der Waals surface area contributed by atoms with Crippen molar-refractivity contribution in [1.82, 2.24) is 15.5 Å². The number of aliphatic hydroxyl groups is 2. The summed E-state index contributed by atoms with van der Waals surface area (Å²) in [6.07, 6.45) is 1.27. The second kappa shape index (κ2) is 14.2. The predicted molar refractivity (Wildman–Crippen MR) is 158 cm³/mol. The highest BCUT2D eigenvalue weighted by atomic mass is 19.1. The van der Waals surface area contributed by atoms with Gasteiger partial charge in [0.2, 0.25) is 5.91 Å². The zero-order chi connectivity index (χ0) is 31.1. The van der Waals surface area contributed by atoms with Gasteiger partial charge in [-0.05, 0) is 81.1 Å². The van der Waals surface area contributed by atoms with E-state index in [4.69, 9.17) is 5.11 Å². The number of aryl methyl sites for hydroxylation is 1. The third-order valence-electron chi connectivity index (χ3n) is 8.10. The van der Waals surface area contributed by atoms with E-state index < -0.39 is 47.4 Å². The lowest BCUT2D eigenvalue weighted by Gasteiger charge is -2.43. The van der Waals surface area contributed by atoms with Crippen LogP contribution in [-0.2, 0) is 16.9 Å². The molecular formula is C33H38F3N3O4. The van der Waals surface area contributed by atoms with Crippen LogP contribution in [0.3, 0.4) is 0 Å². The van der Waals surface area contributed by atoms with Crippen molar-refractivity contribution in [3.05, 3.63) is 94.3 Å². The van der Waals surface area contributed by atoms with Crippen LogP contribution in [0.2, 0.25) is 0 Å². The maximum Gasteiger partial charge on any atom is 0.256 e. The van der Waals surface area contributed by atoms with Gasteiger partial charge in [0, 0.05) is 43.2 Å². The van der Waals surface area contributed by atoms with Crippen molar-refractivity contribution in [2.24, 2.45) is 5.92 Å². The van der Waals surface area contributed by atoms with E-state index in [9.17, 15) is 19.1 Å². The summed E-state index contributed by atoms with van der Waals surface area (Å²) in [6, 6.07) is 13.0. The van der Waals surface area contributed by atoms with Crippen LogP contribution >= 0.6 is 0 Å². The van der Waals surface area contributed by atoms with Gasteiger partial charge in [-0.1, -0.05) is 29.8 Å². The van der Waals surface area contributed by atoms with Crippen molar-refractivity contribution in [2.75, 3.05) is 33.3 Å². The van der Waals surface area contributed by atoms with Crippen LogP contribution in [0.1, 0.15) is 52.7 Å². The summed E-state index contributed by atoms with van der Waals surface area (Å²) in [7, 11) is 1.74. The fourth-order valence-corrected chi connectivity index (χ4v) is 5.96. The molecule has 0 saturated carbocycles. The fourth-order valence-electron chi connectivity index (χ4n) is 5.96. The average molecular weight is 598 g/mol. The number of carbonyl (C=O) groups excluding carboxylic acids is 2. The highest BCUT2D eigenvalue weighted by Gasteiger charge is 2.43. The van der Waals surface area contributed by atoms with Crippen LogP contribution in [-0.4, -0.2) is 60.2 Å². The summed E-state index contributed by atoms with van der Waals surface area (Å²) in [4.78, 5) is 26.6. The van der Waals surface area contributed by atoms with Gasteiger partial charge in [-0.15, -0.1) is 0 Å². The Morgan fingerprint density at radius 2 is 1.84 bits per heavy atom. The zero-order valence-corrected chi connectivity index (χ0v) is 24.4. The summed E-state index contributed by atoms with van der Waals surface area (Å²) in [6.45, 7) is 2.05. The highest BCUT2D eigenvalue weighted by Crippen LogP contribution is 2.45. The third kappa shape index (κ3) is 7.26. The summed E-state index contributed by atoms with van der Waals surface area (Å²) < 4.78 is 45.7. The molecule has 7 nitrogen and oxygen atoms in total. The molecule has 0 bridgehead atoms. The van der Waals surface area contributed by atoms with Gasteiger partial charge >= 0.3 is 0 Å². The van der Waals surface area contributed by atoms with Gasteiger partial charge in [0.25, 0.3) is 5.91 Å². The zero-order valence-electron chi connectivity index (χ0n) is 24.4. The van der Waals surface area contributed by atoms with E-state index >= 15 is 8.78 Å². The van der Waals surface area contributed by atoms with Gasteiger partial charge < -0.3 is 25.7 Å². The number of hydrogen-bond donors (Lipinski definition) is 4. The maximum atomic E-state index is 15.6. The van der Waals surface area contributed by atoms with Crippen molar-refractivity contribution in [3.63, 3.8) is 0 Å². The van der Waals surface area contributed by atoms with E-state index in [2.05, 4.69) is 10.6 Å². The smallest absolute Gasteiger partial charge is 0.256 e. The number of hydrogen-bond acceptors (Lipinski definition) is 5. The summed E-state index contributed by atoms with van der Waals surface area (Å²) in [5.41, 5.74) is -0.314. The van der Waals surface area contributed by atoms with Crippen molar-refractivity contribution in [1.29, 1.82) is 0 Å². The highest BCUT2D eigenvalue weighted by molar-refractivity contribution is 5.94. The number of aliphatic hydroxyl groups excluding tert-OH is 1. The van der Waals surface area contributed by atoms with Gasteiger partial charge in [-0.25, -0.2) is 13.2 Å². The average Bonchev–Trinajstić information content (AvgIpc) is 3.00. The van der Waals surface area contributed by atoms with E-state index in [1.165, 1.54) is 41.3 Å². The molecule has 1 aliphatic rings. The monoisotopic (exact) mass is 597 g/mol. The second-order valence-electron chi connectivity index (χ2n) is 11.1. The van der Waals surface area contributed by atoms with E-state index in [1.54, 1.807) is 32.2 Å². The van der Waals surface area contributed by atoms with Crippen molar-refractivity contribution in [2.45, 2.75) is 44.8 Å². The van der Waals surface area contributed by atoms with Crippen LogP contribution in [0.5, 0.6) is 0 Å². The molecule has 1 aliphatic heterocycles. The third-order valence-corrected chi connectivity index (χ3v) is 8.10. The molecule has 3 aromatic carbocycles. The van der Waals surface area contributed by atoms with Gasteiger partial charge in [-0.3, -0.25) is 9.59 Å². The summed E-state index contributed by atoms with van der Waals surface area (Å²) >= 11 is 0. The van der Waals surface area contributed by atoms with E-state index in [0.717, 1.165) is 0 Å². The largest absolute Gasteiger partial charge is 0.387 e.